The highest BCUT2D eigenvalue weighted by molar-refractivity contribution is 5.85. The molecule has 6 heteroatoms. The lowest BCUT2D eigenvalue weighted by Crippen LogP contribution is -2.54. The number of halogens is 2. The predicted molar refractivity (Wildman–Crippen MR) is 92.3 cm³/mol. The molecule has 0 radical (unpaired) electrons. The maximum absolute atomic E-state index is 12.4. The van der Waals surface area contributed by atoms with E-state index in [1.54, 1.807) is 0 Å². The second-order valence-corrected chi connectivity index (χ2v) is 7.14. The van der Waals surface area contributed by atoms with Gasteiger partial charge in [0.1, 0.15) is 0 Å². The fourth-order valence-corrected chi connectivity index (χ4v) is 3.13. The SMILES string of the molecule is CC(C)(C)[C@H](N)C(=O)N1CCC(N2CCCC2)CC1.Cl.Cl. The first kappa shape index (κ1) is 21.0. The second kappa shape index (κ2) is 8.56. The molecule has 21 heavy (non-hydrogen) atoms. The molecule has 0 spiro atoms. The third kappa shape index (κ3) is 5.27. The van der Waals surface area contributed by atoms with E-state index >= 15 is 0 Å². The molecule has 126 valence electrons. The van der Waals surface area contributed by atoms with Crippen molar-refractivity contribution < 1.29 is 4.79 Å². The molecule has 0 unspecified atom stereocenters. The molecule has 2 saturated heterocycles. The van der Waals surface area contributed by atoms with Crippen molar-refractivity contribution in [3.63, 3.8) is 0 Å². The number of nitrogens with two attached hydrogens (primary N) is 1. The first-order valence-corrected chi connectivity index (χ1v) is 7.68. The monoisotopic (exact) mass is 339 g/mol. The quantitative estimate of drug-likeness (QED) is 0.839. The summed E-state index contributed by atoms with van der Waals surface area (Å²) in [6.45, 7) is 10.4. The molecule has 2 rings (SSSR count). The van der Waals surface area contributed by atoms with Crippen molar-refractivity contribution in [3.8, 4) is 0 Å². The molecule has 0 aromatic carbocycles. The van der Waals surface area contributed by atoms with Gasteiger partial charge < -0.3 is 15.5 Å². The van der Waals surface area contributed by atoms with Crippen LogP contribution in [0.4, 0.5) is 0 Å². The lowest BCUT2D eigenvalue weighted by Gasteiger charge is -2.39. The van der Waals surface area contributed by atoms with Gasteiger partial charge in [-0.2, -0.15) is 0 Å². The van der Waals surface area contributed by atoms with Crippen LogP contribution in [0.2, 0.25) is 0 Å². The zero-order chi connectivity index (χ0) is 14.0. The van der Waals surface area contributed by atoms with Crippen LogP contribution < -0.4 is 5.73 Å². The summed E-state index contributed by atoms with van der Waals surface area (Å²) in [5.41, 5.74) is 5.93. The lowest BCUT2D eigenvalue weighted by molar-refractivity contribution is -0.136. The Hall–Kier alpha value is -0.0300. The fraction of sp³-hybridized carbons (Fsp3) is 0.933. The van der Waals surface area contributed by atoms with Gasteiger partial charge in [0, 0.05) is 19.1 Å². The molecule has 0 aromatic rings. The molecule has 2 N–H and O–H groups in total. The van der Waals surface area contributed by atoms with Crippen LogP contribution in [-0.2, 0) is 4.79 Å². The standard InChI is InChI=1S/C15H29N3O.2ClH/c1-15(2,3)13(16)14(19)18-10-6-12(7-11-18)17-8-4-5-9-17;;/h12-13H,4-11,16H2,1-3H3;2*1H/t13-;;/m1../s1. The number of likely N-dealkylation sites (tertiary alicyclic amines) is 2. The Labute approximate surface area is 141 Å². The fourth-order valence-electron chi connectivity index (χ4n) is 3.13. The highest BCUT2D eigenvalue weighted by Crippen LogP contribution is 2.24. The Kier molecular flexibility index (Phi) is 8.55. The first-order valence-electron chi connectivity index (χ1n) is 7.68. The largest absolute Gasteiger partial charge is 0.341 e. The topological polar surface area (TPSA) is 49.6 Å². The van der Waals surface area contributed by atoms with Crippen molar-refractivity contribution in [2.45, 2.75) is 58.5 Å². The van der Waals surface area contributed by atoms with E-state index < -0.39 is 0 Å². The van der Waals surface area contributed by atoms with Crippen LogP contribution in [0.3, 0.4) is 0 Å². The molecular weight excluding hydrogens is 309 g/mol. The minimum Gasteiger partial charge on any atom is -0.341 e. The Bertz CT molecular complexity index is 319. The van der Waals surface area contributed by atoms with Crippen molar-refractivity contribution in [2.24, 2.45) is 11.1 Å². The molecule has 4 nitrogen and oxygen atoms in total. The van der Waals surface area contributed by atoms with Crippen LogP contribution in [-0.4, -0.2) is 54.0 Å². The van der Waals surface area contributed by atoms with Crippen LogP contribution in [0.25, 0.3) is 0 Å². The molecule has 0 bridgehead atoms. The highest BCUT2D eigenvalue weighted by atomic mass is 35.5. The third-order valence-corrected chi connectivity index (χ3v) is 4.63. The van der Waals surface area contributed by atoms with Gasteiger partial charge in [-0.15, -0.1) is 24.8 Å². The van der Waals surface area contributed by atoms with Gasteiger partial charge in [0.2, 0.25) is 5.91 Å². The van der Waals surface area contributed by atoms with Crippen LogP contribution in [0, 0.1) is 5.41 Å². The number of amides is 1. The Morgan fingerprint density at radius 2 is 1.52 bits per heavy atom. The van der Waals surface area contributed by atoms with Gasteiger partial charge in [-0.1, -0.05) is 20.8 Å². The summed E-state index contributed by atoms with van der Waals surface area (Å²) >= 11 is 0. The van der Waals surface area contributed by atoms with E-state index in [1.165, 1.54) is 25.9 Å². The van der Waals surface area contributed by atoms with Gasteiger partial charge in [0.15, 0.2) is 0 Å². The van der Waals surface area contributed by atoms with Gasteiger partial charge in [-0.3, -0.25) is 4.79 Å². The van der Waals surface area contributed by atoms with E-state index in [9.17, 15) is 4.79 Å². The molecule has 1 atom stereocenters. The molecule has 2 aliphatic heterocycles. The Morgan fingerprint density at radius 3 is 1.95 bits per heavy atom. The van der Waals surface area contributed by atoms with Crippen molar-refractivity contribution in [1.29, 1.82) is 0 Å². The average molecular weight is 340 g/mol. The molecule has 0 saturated carbocycles. The summed E-state index contributed by atoms with van der Waals surface area (Å²) in [7, 11) is 0. The Morgan fingerprint density at radius 1 is 1.05 bits per heavy atom. The normalized spacial score (nSPS) is 22.4. The molecule has 2 heterocycles. The molecule has 1 amide bonds. The summed E-state index contributed by atoms with van der Waals surface area (Å²) in [5, 5.41) is 0. The first-order chi connectivity index (χ1) is 8.89. The van der Waals surface area contributed by atoms with Gasteiger partial charge in [0.25, 0.3) is 0 Å². The number of piperidine rings is 1. The third-order valence-electron chi connectivity index (χ3n) is 4.63. The number of rotatable bonds is 2. The zero-order valence-corrected chi connectivity index (χ0v) is 15.1. The molecule has 2 fully saturated rings. The van der Waals surface area contributed by atoms with Crippen LogP contribution in [0.5, 0.6) is 0 Å². The summed E-state index contributed by atoms with van der Waals surface area (Å²) < 4.78 is 0. The molecule has 0 aliphatic carbocycles. The summed E-state index contributed by atoms with van der Waals surface area (Å²) in [6, 6.07) is 0.313. The minimum absolute atomic E-state index is 0. The number of hydrogen-bond acceptors (Lipinski definition) is 3. The van der Waals surface area contributed by atoms with E-state index in [2.05, 4.69) is 4.90 Å². The van der Waals surface area contributed by atoms with Gasteiger partial charge >= 0.3 is 0 Å². The van der Waals surface area contributed by atoms with E-state index in [0.717, 1.165) is 25.9 Å². The van der Waals surface area contributed by atoms with Crippen LogP contribution in [0.15, 0.2) is 0 Å². The predicted octanol–water partition coefficient (Wildman–Crippen LogP) is 2.29. The number of hydrogen-bond donors (Lipinski definition) is 1. The number of carbonyl (C=O) groups is 1. The van der Waals surface area contributed by atoms with E-state index in [1.807, 2.05) is 25.7 Å². The number of carbonyl (C=O) groups excluding carboxylic acids is 1. The van der Waals surface area contributed by atoms with E-state index in [0.29, 0.717) is 6.04 Å². The average Bonchev–Trinajstić information content (AvgIpc) is 2.90. The molecule has 0 aromatic heterocycles. The minimum atomic E-state index is -0.379. The molecular formula is C15H31Cl2N3O. The lowest BCUT2D eigenvalue weighted by atomic mass is 9.86. The smallest absolute Gasteiger partial charge is 0.240 e. The van der Waals surface area contributed by atoms with Gasteiger partial charge in [-0.05, 0) is 44.2 Å². The van der Waals surface area contributed by atoms with Crippen molar-refractivity contribution in [3.05, 3.63) is 0 Å². The van der Waals surface area contributed by atoms with Crippen molar-refractivity contribution in [2.75, 3.05) is 26.2 Å². The van der Waals surface area contributed by atoms with E-state index in [-0.39, 0.29) is 42.2 Å². The van der Waals surface area contributed by atoms with Gasteiger partial charge in [0.05, 0.1) is 6.04 Å². The summed E-state index contributed by atoms with van der Waals surface area (Å²) in [4.78, 5) is 16.9. The summed E-state index contributed by atoms with van der Waals surface area (Å²) in [5.74, 6) is 0.132. The van der Waals surface area contributed by atoms with E-state index in [4.69, 9.17) is 5.73 Å². The maximum Gasteiger partial charge on any atom is 0.240 e. The number of nitrogens with zero attached hydrogens (tertiary/aromatic N) is 2. The zero-order valence-electron chi connectivity index (χ0n) is 13.5. The highest BCUT2D eigenvalue weighted by Gasteiger charge is 2.34. The second-order valence-electron chi connectivity index (χ2n) is 7.14. The molecule has 2 aliphatic rings. The Balaban J connectivity index is 0.00000200. The maximum atomic E-state index is 12.4. The van der Waals surface area contributed by atoms with Crippen LogP contribution in [0.1, 0.15) is 46.5 Å². The summed E-state index contributed by atoms with van der Waals surface area (Å²) in [6.07, 6.45) is 4.91. The van der Waals surface area contributed by atoms with Crippen LogP contribution >= 0.6 is 24.8 Å². The van der Waals surface area contributed by atoms with Crippen molar-refractivity contribution >= 4 is 30.7 Å². The van der Waals surface area contributed by atoms with Gasteiger partial charge in [-0.25, -0.2) is 0 Å². The van der Waals surface area contributed by atoms with Crippen molar-refractivity contribution in [1.82, 2.24) is 9.80 Å².